The van der Waals surface area contributed by atoms with E-state index in [2.05, 4.69) is 0 Å². The van der Waals surface area contributed by atoms with Gasteiger partial charge in [-0.25, -0.2) is 9.18 Å². The zero-order valence-corrected chi connectivity index (χ0v) is 6.99. The number of carboxylic acid groups (broad SMARTS) is 1. The topological polar surface area (TPSA) is 57.5 Å². The molecular weight excluding hydrogens is 175 g/mol. The van der Waals surface area contributed by atoms with E-state index in [4.69, 9.17) is 10.2 Å². The molecular formula is C9H9FO3. The number of aryl methyl sites for hydroxylation is 1. The maximum absolute atomic E-state index is 13.0. The number of rotatable bonds is 2. The van der Waals surface area contributed by atoms with Gasteiger partial charge in [0.25, 0.3) is 0 Å². The van der Waals surface area contributed by atoms with Gasteiger partial charge in [-0.1, -0.05) is 6.07 Å². The van der Waals surface area contributed by atoms with Crippen molar-refractivity contribution >= 4 is 5.97 Å². The van der Waals surface area contributed by atoms with E-state index < -0.39 is 12.1 Å². The average Bonchev–Trinajstić information content (AvgIpc) is 2.03. The van der Waals surface area contributed by atoms with Crippen LogP contribution in [0.5, 0.6) is 5.75 Å². The Labute approximate surface area is 74.4 Å². The fraction of sp³-hybridized carbons (Fsp3) is 0.222. The fourth-order valence-corrected chi connectivity index (χ4v) is 1.08. The van der Waals surface area contributed by atoms with Gasteiger partial charge >= 0.3 is 5.97 Å². The maximum atomic E-state index is 13.0. The van der Waals surface area contributed by atoms with Crippen LogP contribution < -0.4 is 0 Å². The van der Waals surface area contributed by atoms with E-state index in [-0.39, 0.29) is 11.3 Å². The summed E-state index contributed by atoms with van der Waals surface area (Å²) < 4.78 is 13.0. The predicted octanol–water partition coefficient (Wildman–Crippen LogP) is 1.80. The van der Waals surface area contributed by atoms with E-state index in [0.717, 1.165) is 0 Å². The summed E-state index contributed by atoms with van der Waals surface area (Å²) in [6.07, 6.45) is -2.03. The molecule has 0 bridgehead atoms. The third-order valence-corrected chi connectivity index (χ3v) is 1.74. The van der Waals surface area contributed by atoms with Crippen molar-refractivity contribution in [3.05, 3.63) is 29.3 Å². The standard InChI is InChI=1S/C9H9FO3/c1-5-4-6(11)2-3-7(5)8(10)9(12)13/h2-4,8,11H,1H3,(H,12,13). The number of hydrogen-bond donors (Lipinski definition) is 2. The highest BCUT2D eigenvalue weighted by Crippen LogP contribution is 2.24. The summed E-state index contributed by atoms with van der Waals surface area (Å²) in [6.45, 7) is 1.55. The molecule has 0 amide bonds. The van der Waals surface area contributed by atoms with Crippen LogP contribution in [-0.4, -0.2) is 16.2 Å². The summed E-state index contributed by atoms with van der Waals surface area (Å²) in [4.78, 5) is 10.3. The summed E-state index contributed by atoms with van der Waals surface area (Å²) in [5, 5.41) is 17.4. The van der Waals surface area contributed by atoms with Gasteiger partial charge < -0.3 is 10.2 Å². The fourth-order valence-electron chi connectivity index (χ4n) is 1.08. The lowest BCUT2D eigenvalue weighted by Crippen LogP contribution is -2.07. The van der Waals surface area contributed by atoms with Gasteiger partial charge in [0.1, 0.15) is 5.75 Å². The largest absolute Gasteiger partial charge is 0.508 e. The predicted molar refractivity (Wildman–Crippen MR) is 44.3 cm³/mol. The van der Waals surface area contributed by atoms with Crippen LogP contribution in [0.3, 0.4) is 0 Å². The highest BCUT2D eigenvalue weighted by molar-refractivity contribution is 5.74. The first-order valence-electron chi connectivity index (χ1n) is 3.68. The number of halogens is 1. The van der Waals surface area contributed by atoms with E-state index in [1.807, 2.05) is 0 Å². The molecule has 1 rings (SSSR count). The number of hydrogen-bond acceptors (Lipinski definition) is 2. The molecule has 2 N–H and O–H groups in total. The zero-order valence-electron chi connectivity index (χ0n) is 6.99. The molecule has 1 aromatic rings. The number of aromatic hydroxyl groups is 1. The Morgan fingerprint density at radius 1 is 1.54 bits per heavy atom. The second kappa shape index (κ2) is 3.43. The van der Waals surface area contributed by atoms with Gasteiger partial charge in [0.15, 0.2) is 0 Å². The molecule has 0 aliphatic carbocycles. The van der Waals surface area contributed by atoms with Crippen molar-refractivity contribution in [1.82, 2.24) is 0 Å². The van der Waals surface area contributed by atoms with Crippen LogP contribution in [0.1, 0.15) is 17.3 Å². The number of phenolic OH excluding ortho intramolecular Hbond substituents is 1. The van der Waals surface area contributed by atoms with E-state index in [1.54, 1.807) is 6.92 Å². The van der Waals surface area contributed by atoms with Crippen LogP contribution in [0.4, 0.5) is 4.39 Å². The number of aliphatic carboxylic acids is 1. The Balaban J connectivity index is 3.08. The van der Waals surface area contributed by atoms with Crippen molar-refractivity contribution in [2.75, 3.05) is 0 Å². The van der Waals surface area contributed by atoms with Gasteiger partial charge in [-0.05, 0) is 24.6 Å². The molecule has 0 saturated heterocycles. The summed E-state index contributed by atoms with van der Waals surface area (Å²) in [5.41, 5.74) is 0.500. The lowest BCUT2D eigenvalue weighted by molar-refractivity contribution is -0.143. The zero-order chi connectivity index (χ0) is 10.0. The van der Waals surface area contributed by atoms with Crippen LogP contribution in [0, 0.1) is 6.92 Å². The molecule has 3 nitrogen and oxygen atoms in total. The molecule has 0 aliphatic rings. The van der Waals surface area contributed by atoms with Gasteiger partial charge in [0.05, 0.1) is 0 Å². The third-order valence-electron chi connectivity index (χ3n) is 1.74. The molecule has 0 saturated carbocycles. The van der Waals surface area contributed by atoms with E-state index in [1.165, 1.54) is 18.2 Å². The van der Waals surface area contributed by atoms with Crippen LogP contribution in [-0.2, 0) is 4.79 Å². The van der Waals surface area contributed by atoms with Crippen LogP contribution >= 0.6 is 0 Å². The van der Waals surface area contributed by atoms with Crippen LogP contribution in [0.25, 0.3) is 0 Å². The molecule has 70 valence electrons. The number of carbonyl (C=O) groups is 1. The van der Waals surface area contributed by atoms with Crippen LogP contribution in [0.2, 0.25) is 0 Å². The van der Waals surface area contributed by atoms with Crippen molar-refractivity contribution in [2.45, 2.75) is 13.1 Å². The number of benzene rings is 1. The molecule has 1 aromatic carbocycles. The number of alkyl halides is 1. The molecule has 1 atom stereocenters. The SMILES string of the molecule is Cc1cc(O)ccc1C(F)C(=O)O. The average molecular weight is 184 g/mol. The molecule has 0 spiro atoms. The van der Waals surface area contributed by atoms with Gasteiger partial charge in [-0.15, -0.1) is 0 Å². The second-order valence-corrected chi connectivity index (χ2v) is 2.74. The lowest BCUT2D eigenvalue weighted by atomic mass is 10.0. The van der Waals surface area contributed by atoms with Crippen molar-refractivity contribution in [3.63, 3.8) is 0 Å². The first-order valence-corrected chi connectivity index (χ1v) is 3.68. The number of phenols is 1. The first-order chi connectivity index (χ1) is 6.02. The molecule has 4 heteroatoms. The van der Waals surface area contributed by atoms with Gasteiger partial charge in [0.2, 0.25) is 6.17 Å². The van der Waals surface area contributed by atoms with E-state index in [0.29, 0.717) is 5.56 Å². The molecule has 0 aliphatic heterocycles. The van der Waals surface area contributed by atoms with Crippen molar-refractivity contribution < 1.29 is 19.4 Å². The normalized spacial score (nSPS) is 12.5. The number of carboxylic acids is 1. The van der Waals surface area contributed by atoms with Crippen molar-refractivity contribution in [1.29, 1.82) is 0 Å². The Bertz CT molecular complexity index is 336. The molecule has 0 fully saturated rings. The smallest absolute Gasteiger partial charge is 0.343 e. The lowest BCUT2D eigenvalue weighted by Gasteiger charge is -2.07. The van der Waals surface area contributed by atoms with E-state index in [9.17, 15) is 9.18 Å². The summed E-state index contributed by atoms with van der Waals surface area (Å²) in [5.74, 6) is -1.52. The van der Waals surface area contributed by atoms with Crippen molar-refractivity contribution in [2.24, 2.45) is 0 Å². The Hall–Kier alpha value is -1.58. The van der Waals surface area contributed by atoms with Gasteiger partial charge in [0, 0.05) is 5.56 Å². The highest BCUT2D eigenvalue weighted by atomic mass is 19.1. The summed E-state index contributed by atoms with van der Waals surface area (Å²) in [6, 6.07) is 3.85. The minimum absolute atomic E-state index is 0.00108. The van der Waals surface area contributed by atoms with Crippen LogP contribution in [0.15, 0.2) is 18.2 Å². The van der Waals surface area contributed by atoms with Gasteiger partial charge in [-0.3, -0.25) is 0 Å². The van der Waals surface area contributed by atoms with Crippen molar-refractivity contribution in [3.8, 4) is 5.75 Å². The quantitative estimate of drug-likeness (QED) is 0.736. The molecule has 0 radical (unpaired) electrons. The third kappa shape index (κ3) is 1.96. The molecule has 1 unspecified atom stereocenters. The second-order valence-electron chi connectivity index (χ2n) is 2.74. The maximum Gasteiger partial charge on any atom is 0.343 e. The van der Waals surface area contributed by atoms with E-state index >= 15 is 0 Å². The molecule has 13 heavy (non-hydrogen) atoms. The minimum Gasteiger partial charge on any atom is -0.508 e. The van der Waals surface area contributed by atoms with Gasteiger partial charge in [-0.2, -0.15) is 0 Å². The minimum atomic E-state index is -2.03. The first kappa shape index (κ1) is 9.51. The summed E-state index contributed by atoms with van der Waals surface area (Å²) in [7, 11) is 0. The summed E-state index contributed by atoms with van der Waals surface area (Å²) >= 11 is 0. The Kier molecular flexibility index (Phi) is 2.51. The Morgan fingerprint density at radius 3 is 2.62 bits per heavy atom. The molecule has 0 heterocycles. The monoisotopic (exact) mass is 184 g/mol. The Morgan fingerprint density at radius 2 is 2.15 bits per heavy atom. The molecule has 0 aromatic heterocycles. The highest BCUT2D eigenvalue weighted by Gasteiger charge is 2.20.